The molecule has 0 spiro atoms. The third-order valence-corrected chi connectivity index (χ3v) is 1.95. The lowest BCUT2D eigenvalue weighted by Gasteiger charge is -2.23. The Morgan fingerprint density at radius 2 is 1.90 bits per heavy atom. The first-order chi connectivity index (χ1) is 4.30. The first-order valence-corrected chi connectivity index (χ1v) is 3.56. The van der Waals surface area contributed by atoms with Gasteiger partial charge in [0.05, 0.1) is 6.10 Å². The molecule has 1 rings (SSSR count). The third-order valence-electron chi connectivity index (χ3n) is 1.95. The fourth-order valence-electron chi connectivity index (χ4n) is 1.20. The van der Waals surface area contributed by atoms with Gasteiger partial charge in [-0.05, 0) is 25.7 Å². The third kappa shape index (κ3) is 2.86. The molecule has 0 radical (unpaired) electrons. The van der Waals surface area contributed by atoms with Crippen LogP contribution in [0.4, 0.5) is 0 Å². The van der Waals surface area contributed by atoms with Gasteiger partial charge < -0.3 is 9.84 Å². The van der Waals surface area contributed by atoms with E-state index in [2.05, 4.69) is 0 Å². The quantitative estimate of drug-likeness (QED) is 0.635. The van der Waals surface area contributed by atoms with Gasteiger partial charge in [-0.3, -0.25) is 0 Å². The average Bonchev–Trinajstić information content (AvgIpc) is 1.90. The van der Waals surface area contributed by atoms with Gasteiger partial charge >= 0.3 is 0 Å². The SMILES string of the molecule is CC(O)C1CCOCC1.Cl. The zero-order valence-corrected chi connectivity index (χ0v) is 7.06. The van der Waals surface area contributed by atoms with Gasteiger partial charge in [0.2, 0.25) is 0 Å². The summed E-state index contributed by atoms with van der Waals surface area (Å²) in [6.45, 7) is 3.51. The number of hydrogen-bond acceptors (Lipinski definition) is 2. The van der Waals surface area contributed by atoms with Crippen LogP contribution in [0, 0.1) is 5.92 Å². The normalized spacial score (nSPS) is 23.4. The Hall–Kier alpha value is 0.210. The molecule has 0 amide bonds. The highest BCUT2D eigenvalue weighted by molar-refractivity contribution is 5.85. The molecule has 0 aromatic heterocycles. The molecule has 0 aromatic rings. The van der Waals surface area contributed by atoms with Crippen molar-refractivity contribution in [2.45, 2.75) is 25.9 Å². The molecular formula is C7H15ClO2. The highest BCUT2D eigenvalue weighted by Gasteiger charge is 2.17. The Labute approximate surface area is 68.0 Å². The molecule has 1 heterocycles. The monoisotopic (exact) mass is 166 g/mol. The summed E-state index contributed by atoms with van der Waals surface area (Å²) >= 11 is 0. The first-order valence-electron chi connectivity index (χ1n) is 3.56. The van der Waals surface area contributed by atoms with Gasteiger partial charge in [0, 0.05) is 13.2 Å². The molecular weight excluding hydrogens is 152 g/mol. The summed E-state index contributed by atoms with van der Waals surface area (Å²) in [5.41, 5.74) is 0. The number of halogens is 1. The molecule has 1 fully saturated rings. The van der Waals surface area contributed by atoms with Crippen LogP contribution in [0.1, 0.15) is 19.8 Å². The standard InChI is InChI=1S/C7H14O2.ClH/c1-6(8)7-2-4-9-5-3-7;/h6-8H,2-5H2,1H3;1H. The zero-order chi connectivity index (χ0) is 6.69. The van der Waals surface area contributed by atoms with Crippen LogP contribution < -0.4 is 0 Å². The van der Waals surface area contributed by atoms with Gasteiger partial charge in [0.25, 0.3) is 0 Å². The van der Waals surface area contributed by atoms with Crippen LogP contribution in [0.15, 0.2) is 0 Å². The van der Waals surface area contributed by atoms with Crippen molar-refractivity contribution >= 4 is 12.4 Å². The molecule has 0 saturated carbocycles. The van der Waals surface area contributed by atoms with E-state index in [1.165, 1.54) is 0 Å². The van der Waals surface area contributed by atoms with Crippen molar-refractivity contribution in [1.82, 2.24) is 0 Å². The van der Waals surface area contributed by atoms with Crippen LogP contribution in [-0.4, -0.2) is 24.4 Å². The smallest absolute Gasteiger partial charge is 0.0541 e. The van der Waals surface area contributed by atoms with E-state index >= 15 is 0 Å². The Kier molecular flexibility index (Phi) is 5.04. The second-order valence-electron chi connectivity index (χ2n) is 2.69. The number of aliphatic hydroxyl groups is 1. The minimum absolute atomic E-state index is 0. The lowest BCUT2D eigenvalue weighted by atomic mass is 9.95. The van der Waals surface area contributed by atoms with E-state index in [0.717, 1.165) is 26.1 Å². The molecule has 1 atom stereocenters. The van der Waals surface area contributed by atoms with Crippen LogP contribution in [0.3, 0.4) is 0 Å². The molecule has 1 N–H and O–H groups in total. The maximum atomic E-state index is 9.12. The summed E-state index contributed by atoms with van der Waals surface area (Å²) in [5, 5.41) is 9.12. The maximum absolute atomic E-state index is 9.12. The van der Waals surface area contributed by atoms with Crippen molar-refractivity contribution in [2.24, 2.45) is 5.92 Å². The van der Waals surface area contributed by atoms with Crippen molar-refractivity contribution in [1.29, 1.82) is 0 Å². The summed E-state index contributed by atoms with van der Waals surface area (Å²) in [4.78, 5) is 0. The second-order valence-corrected chi connectivity index (χ2v) is 2.69. The van der Waals surface area contributed by atoms with E-state index in [1.54, 1.807) is 0 Å². The van der Waals surface area contributed by atoms with Crippen molar-refractivity contribution < 1.29 is 9.84 Å². The Bertz CT molecular complexity index is 79.7. The molecule has 10 heavy (non-hydrogen) atoms. The summed E-state index contributed by atoms with van der Waals surface area (Å²) in [7, 11) is 0. The Morgan fingerprint density at radius 1 is 1.40 bits per heavy atom. The van der Waals surface area contributed by atoms with E-state index in [1.807, 2.05) is 6.92 Å². The summed E-state index contributed by atoms with van der Waals surface area (Å²) < 4.78 is 5.14. The second kappa shape index (κ2) is 4.94. The van der Waals surface area contributed by atoms with Crippen LogP contribution in [0.25, 0.3) is 0 Å². The molecule has 0 aliphatic carbocycles. The van der Waals surface area contributed by atoms with Gasteiger partial charge in [-0.15, -0.1) is 12.4 Å². The Morgan fingerprint density at radius 3 is 2.20 bits per heavy atom. The van der Waals surface area contributed by atoms with Gasteiger partial charge in [-0.25, -0.2) is 0 Å². The number of hydrogen-bond donors (Lipinski definition) is 1. The lowest BCUT2D eigenvalue weighted by Crippen LogP contribution is -2.24. The van der Waals surface area contributed by atoms with E-state index in [9.17, 15) is 0 Å². The number of aliphatic hydroxyl groups excluding tert-OH is 1. The van der Waals surface area contributed by atoms with E-state index in [0.29, 0.717) is 5.92 Å². The molecule has 1 aliphatic rings. The first kappa shape index (κ1) is 10.2. The fourth-order valence-corrected chi connectivity index (χ4v) is 1.20. The Balaban J connectivity index is 0.000000810. The predicted molar refractivity (Wildman–Crippen MR) is 42.5 cm³/mol. The van der Waals surface area contributed by atoms with E-state index in [4.69, 9.17) is 9.84 Å². The molecule has 62 valence electrons. The maximum Gasteiger partial charge on any atom is 0.0541 e. The van der Waals surface area contributed by atoms with Crippen molar-refractivity contribution in [3.63, 3.8) is 0 Å². The number of ether oxygens (including phenoxy) is 1. The fraction of sp³-hybridized carbons (Fsp3) is 1.00. The molecule has 1 saturated heterocycles. The largest absolute Gasteiger partial charge is 0.393 e. The van der Waals surface area contributed by atoms with Gasteiger partial charge in [-0.1, -0.05) is 0 Å². The molecule has 2 nitrogen and oxygen atoms in total. The molecule has 3 heteroatoms. The van der Waals surface area contributed by atoms with Crippen LogP contribution in [0.2, 0.25) is 0 Å². The van der Waals surface area contributed by atoms with Crippen molar-refractivity contribution in [2.75, 3.05) is 13.2 Å². The van der Waals surface area contributed by atoms with Crippen LogP contribution >= 0.6 is 12.4 Å². The molecule has 0 aromatic carbocycles. The van der Waals surface area contributed by atoms with E-state index < -0.39 is 0 Å². The van der Waals surface area contributed by atoms with Crippen LogP contribution in [-0.2, 0) is 4.74 Å². The summed E-state index contributed by atoms with van der Waals surface area (Å²) in [6.07, 6.45) is 1.91. The zero-order valence-electron chi connectivity index (χ0n) is 6.25. The van der Waals surface area contributed by atoms with Crippen LogP contribution in [0.5, 0.6) is 0 Å². The molecule has 1 unspecified atom stereocenters. The summed E-state index contributed by atoms with van der Waals surface area (Å²) in [6, 6.07) is 0. The predicted octanol–water partition coefficient (Wildman–Crippen LogP) is 1.22. The summed E-state index contributed by atoms with van der Waals surface area (Å²) in [5.74, 6) is 0.485. The number of rotatable bonds is 1. The van der Waals surface area contributed by atoms with Gasteiger partial charge in [-0.2, -0.15) is 0 Å². The highest BCUT2D eigenvalue weighted by atomic mass is 35.5. The van der Waals surface area contributed by atoms with E-state index in [-0.39, 0.29) is 18.5 Å². The highest BCUT2D eigenvalue weighted by Crippen LogP contribution is 2.17. The average molecular weight is 167 g/mol. The molecule has 1 aliphatic heterocycles. The minimum Gasteiger partial charge on any atom is -0.393 e. The lowest BCUT2D eigenvalue weighted by molar-refractivity contribution is 0.0152. The topological polar surface area (TPSA) is 29.5 Å². The molecule has 0 bridgehead atoms. The van der Waals surface area contributed by atoms with Gasteiger partial charge in [0.1, 0.15) is 0 Å². The minimum atomic E-state index is -0.145. The van der Waals surface area contributed by atoms with Crippen molar-refractivity contribution in [3.8, 4) is 0 Å². The van der Waals surface area contributed by atoms with Crippen molar-refractivity contribution in [3.05, 3.63) is 0 Å². The van der Waals surface area contributed by atoms with Gasteiger partial charge in [0.15, 0.2) is 0 Å².